The molecule has 0 saturated carbocycles. The summed E-state index contributed by atoms with van der Waals surface area (Å²) in [4.78, 5) is 12.1. The number of carbonyl (C=O) groups is 1. The first-order chi connectivity index (χ1) is 10.4. The van der Waals surface area contributed by atoms with Crippen LogP contribution in [-0.4, -0.2) is 45.2 Å². The van der Waals surface area contributed by atoms with Crippen LogP contribution in [0.4, 0.5) is 8.78 Å². The summed E-state index contributed by atoms with van der Waals surface area (Å²) in [7, 11) is 0. The third-order valence-corrected chi connectivity index (χ3v) is 4.26. The van der Waals surface area contributed by atoms with Crippen LogP contribution in [0.25, 0.3) is 0 Å². The highest BCUT2D eigenvalue weighted by molar-refractivity contribution is 5.85. The van der Waals surface area contributed by atoms with Gasteiger partial charge in [0, 0.05) is 31.3 Å². The Morgan fingerprint density at radius 3 is 2.78 bits per heavy atom. The van der Waals surface area contributed by atoms with Gasteiger partial charge in [0.25, 0.3) is 5.92 Å². The van der Waals surface area contributed by atoms with E-state index in [-0.39, 0.29) is 30.3 Å². The normalized spacial score (nSPS) is 25.8. The molecule has 2 N–H and O–H groups in total. The molecule has 9 heteroatoms. The van der Waals surface area contributed by atoms with Crippen LogP contribution in [0.1, 0.15) is 44.3 Å². The fourth-order valence-corrected chi connectivity index (χ4v) is 3.10. The molecule has 130 valence electrons. The van der Waals surface area contributed by atoms with Crippen molar-refractivity contribution in [2.45, 2.75) is 63.6 Å². The average molecular weight is 350 g/mol. The van der Waals surface area contributed by atoms with E-state index in [0.29, 0.717) is 6.54 Å². The summed E-state index contributed by atoms with van der Waals surface area (Å²) < 4.78 is 28.4. The Labute approximate surface area is 139 Å². The monoisotopic (exact) mass is 349 g/mol. The molecule has 1 aromatic heterocycles. The summed E-state index contributed by atoms with van der Waals surface area (Å²) >= 11 is 0. The third-order valence-electron chi connectivity index (χ3n) is 4.26. The molecule has 23 heavy (non-hydrogen) atoms. The lowest BCUT2D eigenvalue weighted by molar-refractivity contribution is -0.124. The Balaban J connectivity index is 0.00000192. The van der Waals surface area contributed by atoms with Crippen LogP contribution in [0, 0.1) is 0 Å². The van der Waals surface area contributed by atoms with E-state index in [2.05, 4.69) is 20.8 Å². The van der Waals surface area contributed by atoms with E-state index in [1.807, 2.05) is 18.4 Å². The molecule has 2 unspecified atom stereocenters. The van der Waals surface area contributed by atoms with Gasteiger partial charge in [-0.1, -0.05) is 13.8 Å². The van der Waals surface area contributed by atoms with Crippen LogP contribution in [-0.2, 0) is 17.8 Å². The van der Waals surface area contributed by atoms with Gasteiger partial charge in [-0.2, -0.15) is 0 Å². The van der Waals surface area contributed by atoms with Crippen molar-refractivity contribution in [1.82, 2.24) is 25.4 Å². The van der Waals surface area contributed by atoms with E-state index >= 15 is 0 Å². The lowest BCUT2D eigenvalue weighted by Crippen LogP contribution is -2.48. The highest BCUT2D eigenvalue weighted by Gasteiger charge is 2.42. The quantitative estimate of drug-likeness (QED) is 0.861. The number of fused-ring (bicyclic) bond motifs is 1. The van der Waals surface area contributed by atoms with E-state index in [9.17, 15) is 13.6 Å². The topological polar surface area (TPSA) is 71.8 Å². The van der Waals surface area contributed by atoms with Crippen LogP contribution in [0.15, 0.2) is 0 Å². The lowest BCUT2D eigenvalue weighted by Gasteiger charge is -2.27. The number of amides is 1. The minimum Gasteiger partial charge on any atom is -0.350 e. The summed E-state index contributed by atoms with van der Waals surface area (Å²) in [6.45, 7) is 4.27. The van der Waals surface area contributed by atoms with Gasteiger partial charge in [-0.15, -0.1) is 22.6 Å². The van der Waals surface area contributed by atoms with E-state index in [1.165, 1.54) is 0 Å². The molecule has 1 saturated heterocycles. The van der Waals surface area contributed by atoms with Crippen molar-refractivity contribution in [3.8, 4) is 0 Å². The zero-order valence-electron chi connectivity index (χ0n) is 13.2. The Bertz CT molecular complexity index is 578. The summed E-state index contributed by atoms with van der Waals surface area (Å²) in [5.41, 5.74) is 0. The first-order valence-corrected chi connectivity index (χ1v) is 7.69. The molecular weight excluding hydrogens is 328 g/mol. The predicted octanol–water partition coefficient (Wildman–Crippen LogP) is 1.25. The van der Waals surface area contributed by atoms with E-state index < -0.39 is 24.9 Å². The Hall–Kier alpha value is -1.28. The molecule has 0 aromatic carbocycles. The van der Waals surface area contributed by atoms with Crippen molar-refractivity contribution < 1.29 is 13.6 Å². The number of aromatic nitrogens is 3. The van der Waals surface area contributed by atoms with Crippen molar-refractivity contribution in [2.24, 2.45) is 0 Å². The second-order valence-electron chi connectivity index (χ2n) is 6.48. The standard InChI is InChI=1S/C14H21F2N5O.ClH/c1-8(2)12-20-19-11-4-3-9(6-21(11)12)18-13(22)10-5-14(15,16)7-17-10;/h8-10,17H,3-7H2,1-2H3,(H,18,22);1H. The summed E-state index contributed by atoms with van der Waals surface area (Å²) in [5, 5.41) is 13.8. The van der Waals surface area contributed by atoms with E-state index in [4.69, 9.17) is 0 Å². The highest BCUT2D eigenvalue weighted by atomic mass is 35.5. The fourth-order valence-electron chi connectivity index (χ4n) is 3.10. The zero-order chi connectivity index (χ0) is 15.9. The first-order valence-electron chi connectivity index (χ1n) is 7.69. The number of rotatable bonds is 3. The number of hydrogen-bond donors (Lipinski definition) is 2. The largest absolute Gasteiger partial charge is 0.350 e. The van der Waals surface area contributed by atoms with Gasteiger partial charge in [0.15, 0.2) is 0 Å². The molecule has 1 fully saturated rings. The maximum Gasteiger partial charge on any atom is 0.262 e. The summed E-state index contributed by atoms with van der Waals surface area (Å²) in [5.74, 6) is -1.05. The van der Waals surface area contributed by atoms with Gasteiger partial charge in [0.2, 0.25) is 5.91 Å². The highest BCUT2D eigenvalue weighted by Crippen LogP contribution is 2.25. The number of halogens is 3. The number of hydrogen-bond acceptors (Lipinski definition) is 4. The average Bonchev–Trinajstić information content (AvgIpc) is 3.01. The van der Waals surface area contributed by atoms with Gasteiger partial charge in [-0.3, -0.25) is 10.1 Å². The van der Waals surface area contributed by atoms with Crippen LogP contribution in [0.5, 0.6) is 0 Å². The van der Waals surface area contributed by atoms with Gasteiger partial charge in [-0.25, -0.2) is 8.78 Å². The van der Waals surface area contributed by atoms with Crippen molar-refractivity contribution in [1.29, 1.82) is 0 Å². The van der Waals surface area contributed by atoms with Gasteiger partial charge in [-0.05, 0) is 6.42 Å². The van der Waals surface area contributed by atoms with Crippen molar-refractivity contribution in [3.05, 3.63) is 11.6 Å². The molecule has 3 heterocycles. The van der Waals surface area contributed by atoms with Gasteiger partial charge < -0.3 is 9.88 Å². The van der Waals surface area contributed by atoms with Crippen LogP contribution in [0.2, 0.25) is 0 Å². The van der Waals surface area contributed by atoms with Gasteiger partial charge >= 0.3 is 0 Å². The van der Waals surface area contributed by atoms with Crippen LogP contribution >= 0.6 is 12.4 Å². The van der Waals surface area contributed by atoms with Crippen molar-refractivity contribution in [2.75, 3.05) is 6.54 Å². The second-order valence-corrected chi connectivity index (χ2v) is 6.48. The molecule has 1 aromatic rings. The fraction of sp³-hybridized carbons (Fsp3) is 0.786. The Morgan fingerprint density at radius 1 is 1.43 bits per heavy atom. The molecule has 1 amide bonds. The molecule has 2 aliphatic rings. The van der Waals surface area contributed by atoms with Crippen molar-refractivity contribution in [3.63, 3.8) is 0 Å². The molecule has 0 radical (unpaired) electrons. The number of alkyl halides is 2. The maximum absolute atomic E-state index is 13.2. The number of aryl methyl sites for hydroxylation is 1. The number of nitrogens with zero attached hydrogens (tertiary/aromatic N) is 3. The zero-order valence-corrected chi connectivity index (χ0v) is 14.0. The summed E-state index contributed by atoms with van der Waals surface area (Å²) in [6, 6.07) is -0.869. The van der Waals surface area contributed by atoms with E-state index in [0.717, 1.165) is 24.5 Å². The van der Waals surface area contributed by atoms with E-state index in [1.54, 1.807) is 0 Å². The minimum absolute atomic E-state index is 0. The molecule has 0 bridgehead atoms. The molecule has 3 rings (SSSR count). The number of nitrogens with one attached hydrogen (secondary N) is 2. The minimum atomic E-state index is -2.79. The molecule has 6 nitrogen and oxygen atoms in total. The van der Waals surface area contributed by atoms with Crippen LogP contribution in [0.3, 0.4) is 0 Å². The smallest absolute Gasteiger partial charge is 0.262 e. The summed E-state index contributed by atoms with van der Waals surface area (Å²) in [6.07, 6.45) is 1.06. The maximum atomic E-state index is 13.2. The lowest BCUT2D eigenvalue weighted by atomic mass is 10.0. The van der Waals surface area contributed by atoms with Crippen LogP contribution < -0.4 is 10.6 Å². The van der Waals surface area contributed by atoms with Gasteiger partial charge in [0.05, 0.1) is 12.6 Å². The van der Waals surface area contributed by atoms with Crippen molar-refractivity contribution >= 4 is 18.3 Å². The second kappa shape index (κ2) is 6.68. The Kier molecular flexibility index (Phi) is 5.25. The predicted molar refractivity (Wildman–Crippen MR) is 83.0 cm³/mol. The Morgan fingerprint density at radius 2 is 2.17 bits per heavy atom. The van der Waals surface area contributed by atoms with Gasteiger partial charge in [0.1, 0.15) is 11.6 Å². The molecule has 2 aliphatic heterocycles. The molecular formula is C14H22ClF2N5O. The molecule has 0 spiro atoms. The SMILES string of the molecule is CC(C)c1nnc2n1CC(NC(=O)C1CC(F)(F)CN1)CC2.Cl. The first kappa shape index (κ1) is 18.1. The third kappa shape index (κ3) is 3.80. The molecule has 0 aliphatic carbocycles. The molecule has 2 atom stereocenters. The number of carbonyl (C=O) groups excluding carboxylic acids is 1.